The summed E-state index contributed by atoms with van der Waals surface area (Å²) in [6, 6.07) is 6.41. The van der Waals surface area contributed by atoms with Crippen molar-refractivity contribution in [3.8, 4) is 5.75 Å². The van der Waals surface area contributed by atoms with Crippen LogP contribution in [0.2, 0.25) is 0 Å². The Morgan fingerprint density at radius 1 is 1.12 bits per heavy atom. The van der Waals surface area contributed by atoms with Crippen LogP contribution in [0.1, 0.15) is 26.3 Å². The van der Waals surface area contributed by atoms with Gasteiger partial charge in [0.15, 0.2) is 0 Å². The summed E-state index contributed by atoms with van der Waals surface area (Å²) < 4.78 is 35.1. The fourth-order valence-corrected chi connectivity index (χ4v) is 1.48. The molecule has 0 saturated carbocycles. The summed E-state index contributed by atoms with van der Waals surface area (Å²) in [5, 5.41) is 0. The third kappa shape index (κ3) is 5.04. The van der Waals surface area contributed by atoms with E-state index in [1.165, 1.54) is 12.1 Å². The molecule has 0 bridgehead atoms. The molecule has 1 aromatic carbocycles. The van der Waals surface area contributed by atoms with E-state index in [4.69, 9.17) is 0 Å². The molecule has 0 saturated heterocycles. The predicted molar refractivity (Wildman–Crippen MR) is 55.5 cm³/mol. The average Bonchev–Trinajstić information content (AvgIpc) is 2.00. The molecule has 0 heterocycles. The van der Waals surface area contributed by atoms with E-state index < -0.39 is 10.4 Å². The van der Waals surface area contributed by atoms with Crippen LogP contribution < -0.4 is 23.0 Å². The molecule has 0 aliphatic rings. The van der Waals surface area contributed by atoms with Crippen LogP contribution in [0, 0.1) is 0 Å². The number of benzene rings is 1. The summed E-state index contributed by atoms with van der Waals surface area (Å²) >= 11 is 0. The van der Waals surface area contributed by atoms with Crippen molar-refractivity contribution in [1.29, 1.82) is 0 Å². The molecule has 0 radical (unpaired) electrons. The smallest absolute Gasteiger partial charge is 0.716 e. The van der Waals surface area contributed by atoms with Crippen molar-refractivity contribution < 1.29 is 36.0 Å². The van der Waals surface area contributed by atoms with E-state index >= 15 is 0 Å². The quantitative estimate of drug-likeness (QED) is 0.368. The molecule has 4 nitrogen and oxygen atoms in total. The fraction of sp³-hybridized carbons (Fsp3) is 0.400. The van der Waals surface area contributed by atoms with Gasteiger partial charge >= 0.3 is 18.9 Å². The summed E-state index contributed by atoms with van der Waals surface area (Å²) in [5.41, 5.74) is 1.02. The van der Waals surface area contributed by atoms with Gasteiger partial charge in [-0.05, 0) is 23.1 Å². The van der Waals surface area contributed by atoms with Gasteiger partial charge in [0.2, 0.25) is 0 Å². The Morgan fingerprint density at radius 3 is 1.88 bits per heavy atom. The molecule has 0 spiro atoms. The van der Waals surface area contributed by atoms with E-state index in [0.29, 0.717) is 0 Å². The second-order valence-corrected chi connectivity index (χ2v) is 5.25. The van der Waals surface area contributed by atoms with Crippen molar-refractivity contribution >= 4 is 10.4 Å². The molecule has 0 aliphatic heterocycles. The minimum atomic E-state index is -4.68. The Bertz CT molecular complexity index is 431. The summed E-state index contributed by atoms with van der Waals surface area (Å²) in [6.45, 7) is 6.10. The minimum Gasteiger partial charge on any atom is -0.716 e. The molecule has 0 aliphatic carbocycles. The van der Waals surface area contributed by atoms with Crippen molar-refractivity contribution in [3.05, 3.63) is 29.8 Å². The molecule has 84 valence electrons. The van der Waals surface area contributed by atoms with Crippen LogP contribution in [0.15, 0.2) is 24.3 Å². The number of hydrogen-bond donors (Lipinski definition) is 0. The molecular weight excluding hydrogens is 223 g/mol. The summed E-state index contributed by atoms with van der Waals surface area (Å²) in [7, 11) is -4.68. The van der Waals surface area contributed by atoms with Crippen molar-refractivity contribution in [3.63, 3.8) is 0 Å². The van der Waals surface area contributed by atoms with Crippen LogP contribution in [0.3, 0.4) is 0 Å². The Labute approximate surface area is 108 Å². The third-order valence-electron chi connectivity index (χ3n) is 1.92. The van der Waals surface area contributed by atoms with Gasteiger partial charge in [-0.2, -0.15) is 0 Å². The van der Waals surface area contributed by atoms with E-state index in [-0.39, 0.29) is 30.0 Å². The first-order valence-electron chi connectivity index (χ1n) is 4.44. The van der Waals surface area contributed by atoms with E-state index in [2.05, 4.69) is 4.18 Å². The SMILES string of the molecule is CC(C)(C)c1ccc(OS(=O)(=O)[O-])cc1.[Li+]. The molecule has 0 fully saturated rings. The Balaban J connectivity index is 0.00000225. The van der Waals surface area contributed by atoms with Gasteiger partial charge in [0.25, 0.3) is 10.4 Å². The second-order valence-electron chi connectivity index (χ2n) is 4.27. The molecule has 16 heavy (non-hydrogen) atoms. The Hall–Kier alpha value is -0.473. The maximum atomic E-state index is 10.3. The standard InChI is InChI=1S/C10H14O4S.Li/c1-10(2,3)8-4-6-9(7-5-8)14-15(11,12)13;/h4-7H,1-3H3,(H,11,12,13);/q;+1/p-1. The van der Waals surface area contributed by atoms with E-state index in [9.17, 15) is 13.0 Å². The summed E-state index contributed by atoms with van der Waals surface area (Å²) in [5.74, 6) is 0.0398. The van der Waals surface area contributed by atoms with E-state index in [1.54, 1.807) is 12.1 Å². The first-order chi connectivity index (χ1) is 6.68. The molecular formula is C10H13LiO4S. The molecule has 0 N–H and O–H groups in total. The monoisotopic (exact) mass is 236 g/mol. The van der Waals surface area contributed by atoms with Gasteiger partial charge in [-0.15, -0.1) is 0 Å². The average molecular weight is 236 g/mol. The van der Waals surface area contributed by atoms with Crippen molar-refractivity contribution in [2.75, 3.05) is 0 Å². The number of rotatable bonds is 2. The molecule has 0 amide bonds. The van der Waals surface area contributed by atoms with Crippen LogP contribution in [0.25, 0.3) is 0 Å². The molecule has 0 aromatic heterocycles. The van der Waals surface area contributed by atoms with E-state index in [1.807, 2.05) is 20.8 Å². The maximum absolute atomic E-state index is 10.3. The van der Waals surface area contributed by atoms with Gasteiger partial charge in [0, 0.05) is 0 Å². The van der Waals surface area contributed by atoms with Crippen LogP contribution in [-0.2, 0) is 15.8 Å². The van der Waals surface area contributed by atoms with Gasteiger partial charge in [-0.3, -0.25) is 0 Å². The van der Waals surface area contributed by atoms with Gasteiger partial charge in [0.1, 0.15) is 5.75 Å². The maximum Gasteiger partial charge on any atom is 1.00 e. The Kier molecular flexibility index (Phi) is 5.08. The van der Waals surface area contributed by atoms with Crippen LogP contribution in [-0.4, -0.2) is 13.0 Å². The van der Waals surface area contributed by atoms with Crippen molar-refractivity contribution in [1.82, 2.24) is 0 Å². The third-order valence-corrected chi connectivity index (χ3v) is 2.32. The van der Waals surface area contributed by atoms with Gasteiger partial charge < -0.3 is 8.74 Å². The van der Waals surface area contributed by atoms with Crippen LogP contribution >= 0.6 is 0 Å². The number of hydrogen-bond acceptors (Lipinski definition) is 4. The normalized spacial score (nSPS) is 11.8. The van der Waals surface area contributed by atoms with Crippen molar-refractivity contribution in [2.24, 2.45) is 0 Å². The summed E-state index contributed by atoms with van der Waals surface area (Å²) in [6.07, 6.45) is 0. The largest absolute Gasteiger partial charge is 1.00 e. The zero-order chi connectivity index (χ0) is 11.7. The second kappa shape index (κ2) is 5.24. The predicted octanol–water partition coefficient (Wildman–Crippen LogP) is -1.17. The minimum absolute atomic E-state index is 0. The van der Waals surface area contributed by atoms with Crippen LogP contribution in [0.4, 0.5) is 0 Å². The topological polar surface area (TPSA) is 66.4 Å². The first-order valence-corrected chi connectivity index (χ1v) is 5.78. The van der Waals surface area contributed by atoms with Gasteiger partial charge in [-0.25, -0.2) is 8.42 Å². The zero-order valence-electron chi connectivity index (χ0n) is 9.85. The van der Waals surface area contributed by atoms with E-state index in [0.717, 1.165) is 5.56 Å². The van der Waals surface area contributed by atoms with Gasteiger partial charge in [0.05, 0.1) is 0 Å². The molecule has 0 unspecified atom stereocenters. The zero-order valence-corrected chi connectivity index (χ0v) is 10.7. The fourth-order valence-electron chi connectivity index (χ4n) is 1.13. The van der Waals surface area contributed by atoms with Crippen molar-refractivity contribution in [2.45, 2.75) is 26.2 Å². The molecule has 1 aromatic rings. The molecule has 6 heteroatoms. The molecule has 1 rings (SSSR count). The van der Waals surface area contributed by atoms with Gasteiger partial charge in [-0.1, -0.05) is 32.9 Å². The van der Waals surface area contributed by atoms with Crippen LogP contribution in [0.5, 0.6) is 5.75 Å². The summed E-state index contributed by atoms with van der Waals surface area (Å²) in [4.78, 5) is 0. The Morgan fingerprint density at radius 2 is 1.56 bits per heavy atom. The molecule has 0 atom stereocenters. The first kappa shape index (κ1) is 15.5.